The molecule has 3 aromatic carbocycles. The third-order valence-corrected chi connectivity index (χ3v) is 9.53. The normalized spacial score (nSPS) is 13.0. The SMILES string of the molecule is CC[C@H](NC[C@H](Cc1ccccc1)NC(=O)c1cc(-c2cccc(Cl)c2)cc(N(CC(C)C)S(=O)(=O)CC)c1)C(=O)NCC(C)C. The maximum absolute atomic E-state index is 14.0. The number of hydrogen-bond acceptors (Lipinski definition) is 5. The summed E-state index contributed by atoms with van der Waals surface area (Å²) in [6, 6.07) is 21.5. The molecule has 0 saturated heterocycles. The molecule has 0 aromatic heterocycles. The zero-order chi connectivity index (χ0) is 33.9. The number of nitrogens with one attached hydrogen (secondary N) is 3. The third kappa shape index (κ3) is 11.1. The summed E-state index contributed by atoms with van der Waals surface area (Å²) in [7, 11) is -3.63. The molecule has 0 radical (unpaired) electrons. The van der Waals surface area contributed by atoms with E-state index in [-0.39, 0.29) is 36.1 Å². The van der Waals surface area contributed by atoms with Crippen molar-refractivity contribution < 1.29 is 18.0 Å². The van der Waals surface area contributed by atoms with Crippen molar-refractivity contribution in [3.63, 3.8) is 0 Å². The van der Waals surface area contributed by atoms with Gasteiger partial charge in [0, 0.05) is 36.3 Å². The highest BCUT2D eigenvalue weighted by Crippen LogP contribution is 2.31. The quantitative estimate of drug-likeness (QED) is 0.157. The number of rotatable bonds is 17. The Hall–Kier alpha value is -3.40. The Bertz CT molecular complexity index is 1550. The molecule has 0 unspecified atom stereocenters. The van der Waals surface area contributed by atoms with Gasteiger partial charge in [-0.15, -0.1) is 0 Å². The van der Waals surface area contributed by atoms with Crippen molar-refractivity contribution in [1.29, 1.82) is 0 Å². The molecule has 2 atom stereocenters. The van der Waals surface area contributed by atoms with Crippen LogP contribution in [0.3, 0.4) is 0 Å². The van der Waals surface area contributed by atoms with E-state index in [1.54, 1.807) is 37.3 Å². The zero-order valence-corrected chi connectivity index (χ0v) is 29.4. The first-order chi connectivity index (χ1) is 21.8. The molecule has 0 aliphatic carbocycles. The van der Waals surface area contributed by atoms with Gasteiger partial charge in [-0.3, -0.25) is 13.9 Å². The molecule has 2 amide bonds. The molecular weight excluding hydrogens is 620 g/mol. The molecule has 0 heterocycles. The lowest BCUT2D eigenvalue weighted by Gasteiger charge is -2.27. The average Bonchev–Trinajstić information content (AvgIpc) is 3.02. The lowest BCUT2D eigenvalue weighted by molar-refractivity contribution is -0.123. The number of carbonyl (C=O) groups excluding carboxylic acids is 2. The number of nitrogens with zero attached hydrogens (tertiary/aromatic N) is 1. The summed E-state index contributed by atoms with van der Waals surface area (Å²) in [5.41, 5.74) is 3.23. The molecule has 3 aromatic rings. The van der Waals surface area contributed by atoms with Crippen LogP contribution in [0, 0.1) is 11.8 Å². The third-order valence-electron chi connectivity index (χ3n) is 7.54. The Morgan fingerprint density at radius 1 is 0.848 bits per heavy atom. The van der Waals surface area contributed by atoms with E-state index in [0.717, 1.165) is 11.1 Å². The van der Waals surface area contributed by atoms with Crippen molar-refractivity contribution in [3.05, 3.63) is 88.9 Å². The minimum absolute atomic E-state index is 0.0546. The molecule has 0 aliphatic heterocycles. The number of carbonyl (C=O) groups is 2. The number of benzene rings is 3. The maximum Gasteiger partial charge on any atom is 0.251 e. The van der Waals surface area contributed by atoms with Crippen LogP contribution in [-0.2, 0) is 21.2 Å². The lowest BCUT2D eigenvalue weighted by atomic mass is 10.0. The largest absolute Gasteiger partial charge is 0.354 e. The van der Waals surface area contributed by atoms with Gasteiger partial charge in [-0.05, 0) is 78.6 Å². The minimum Gasteiger partial charge on any atom is -0.354 e. The summed E-state index contributed by atoms with van der Waals surface area (Å²) in [4.78, 5) is 26.9. The molecule has 3 rings (SSSR count). The molecule has 0 saturated carbocycles. The second-order valence-corrected chi connectivity index (χ2v) is 15.1. The Kier molecular flexibility index (Phi) is 14.1. The molecule has 10 heteroatoms. The second-order valence-electron chi connectivity index (χ2n) is 12.5. The van der Waals surface area contributed by atoms with Crippen LogP contribution in [0.1, 0.15) is 63.9 Å². The van der Waals surface area contributed by atoms with Gasteiger partial charge in [-0.1, -0.05) is 88.7 Å². The van der Waals surface area contributed by atoms with Gasteiger partial charge in [-0.2, -0.15) is 0 Å². The van der Waals surface area contributed by atoms with Crippen molar-refractivity contribution in [2.24, 2.45) is 11.8 Å². The smallest absolute Gasteiger partial charge is 0.251 e. The molecule has 8 nitrogen and oxygen atoms in total. The first-order valence-corrected chi connectivity index (χ1v) is 18.1. The summed E-state index contributed by atoms with van der Waals surface area (Å²) in [6.45, 7) is 12.8. The van der Waals surface area contributed by atoms with Gasteiger partial charge in [0.1, 0.15) is 0 Å². The first-order valence-electron chi connectivity index (χ1n) is 16.1. The summed E-state index contributed by atoms with van der Waals surface area (Å²) in [5, 5.41) is 10.1. The van der Waals surface area contributed by atoms with Crippen LogP contribution in [0.5, 0.6) is 0 Å². The number of halogens is 1. The molecule has 0 aliphatic rings. The van der Waals surface area contributed by atoms with E-state index >= 15 is 0 Å². The van der Waals surface area contributed by atoms with Gasteiger partial charge in [-0.25, -0.2) is 8.42 Å². The highest BCUT2D eigenvalue weighted by molar-refractivity contribution is 7.92. The van der Waals surface area contributed by atoms with E-state index in [0.29, 0.717) is 53.7 Å². The van der Waals surface area contributed by atoms with Crippen LogP contribution in [0.2, 0.25) is 5.02 Å². The van der Waals surface area contributed by atoms with Crippen molar-refractivity contribution in [2.75, 3.05) is 29.7 Å². The molecule has 0 fully saturated rings. The summed E-state index contributed by atoms with van der Waals surface area (Å²) in [5.74, 6) is -0.0933. The predicted molar refractivity (Wildman–Crippen MR) is 190 cm³/mol. The fourth-order valence-corrected chi connectivity index (χ4v) is 6.52. The van der Waals surface area contributed by atoms with Crippen LogP contribution in [0.25, 0.3) is 11.1 Å². The maximum atomic E-state index is 14.0. The number of anilines is 1. The van der Waals surface area contributed by atoms with Gasteiger partial charge in [0.2, 0.25) is 15.9 Å². The molecule has 0 spiro atoms. The summed E-state index contributed by atoms with van der Waals surface area (Å²) < 4.78 is 28.0. The van der Waals surface area contributed by atoms with Crippen LogP contribution in [-0.4, -0.2) is 57.7 Å². The number of amides is 2. The van der Waals surface area contributed by atoms with Crippen LogP contribution in [0.15, 0.2) is 72.8 Å². The Morgan fingerprint density at radius 2 is 1.57 bits per heavy atom. The molecular formula is C36H49ClN4O4S. The van der Waals surface area contributed by atoms with E-state index in [1.165, 1.54) is 4.31 Å². The van der Waals surface area contributed by atoms with E-state index < -0.39 is 16.1 Å². The highest BCUT2D eigenvalue weighted by Gasteiger charge is 2.25. The second kappa shape index (κ2) is 17.5. The summed E-state index contributed by atoms with van der Waals surface area (Å²) >= 11 is 6.32. The standard InChI is InChI=1S/C36H49ClN4O4S/c1-7-34(36(43)39-22-25(3)4)38-23-32(17-27-13-10-9-11-14-27)40-35(42)30-18-29(28-15-12-16-31(37)19-28)20-33(21-30)41(24-26(5)6)46(44,45)8-2/h9-16,18-21,25-26,32,34,38H,7-8,17,22-24H2,1-6H3,(H,39,43)(H,40,42)/t32-,34-/m0/s1. The highest BCUT2D eigenvalue weighted by atomic mass is 35.5. The van der Waals surface area contributed by atoms with E-state index in [9.17, 15) is 18.0 Å². The number of hydrogen-bond donors (Lipinski definition) is 3. The number of sulfonamides is 1. The van der Waals surface area contributed by atoms with Gasteiger partial charge >= 0.3 is 0 Å². The van der Waals surface area contributed by atoms with Gasteiger partial charge < -0.3 is 16.0 Å². The van der Waals surface area contributed by atoms with E-state index in [2.05, 4.69) is 16.0 Å². The van der Waals surface area contributed by atoms with Crippen LogP contribution in [0.4, 0.5) is 5.69 Å². The molecule has 250 valence electrons. The van der Waals surface area contributed by atoms with Crippen molar-refractivity contribution in [3.8, 4) is 11.1 Å². The first kappa shape index (κ1) is 37.1. The van der Waals surface area contributed by atoms with Crippen molar-refractivity contribution >= 4 is 39.1 Å². The van der Waals surface area contributed by atoms with Gasteiger partial charge in [0.25, 0.3) is 5.91 Å². The molecule has 0 bridgehead atoms. The minimum atomic E-state index is -3.63. The average molecular weight is 669 g/mol. The van der Waals surface area contributed by atoms with Crippen molar-refractivity contribution in [2.45, 2.75) is 66.5 Å². The Morgan fingerprint density at radius 3 is 2.17 bits per heavy atom. The van der Waals surface area contributed by atoms with Gasteiger partial charge in [0.15, 0.2) is 0 Å². The Balaban J connectivity index is 2.00. The van der Waals surface area contributed by atoms with E-state index in [1.807, 2.05) is 77.1 Å². The van der Waals surface area contributed by atoms with Gasteiger partial charge in [0.05, 0.1) is 17.5 Å². The monoisotopic (exact) mass is 668 g/mol. The topological polar surface area (TPSA) is 108 Å². The van der Waals surface area contributed by atoms with Crippen LogP contribution < -0.4 is 20.3 Å². The predicted octanol–water partition coefficient (Wildman–Crippen LogP) is 6.30. The molecule has 46 heavy (non-hydrogen) atoms. The molecule has 3 N–H and O–H groups in total. The van der Waals surface area contributed by atoms with Crippen molar-refractivity contribution in [1.82, 2.24) is 16.0 Å². The Labute approximate surface area is 280 Å². The summed E-state index contributed by atoms with van der Waals surface area (Å²) in [6.07, 6.45) is 1.13. The fraction of sp³-hybridized carbons (Fsp3) is 0.444. The fourth-order valence-electron chi connectivity index (χ4n) is 5.06. The zero-order valence-electron chi connectivity index (χ0n) is 27.8. The lowest BCUT2D eigenvalue weighted by Crippen LogP contribution is -2.50. The van der Waals surface area contributed by atoms with Crippen LogP contribution >= 0.6 is 11.6 Å². The van der Waals surface area contributed by atoms with E-state index in [4.69, 9.17) is 11.6 Å².